The Bertz CT molecular complexity index is 829. The highest BCUT2D eigenvalue weighted by Gasteiger charge is 2.15. The molecule has 0 aliphatic carbocycles. The molecule has 1 unspecified atom stereocenters. The number of carbonyl (C=O) groups excluding carboxylic acids is 1. The number of aliphatic hydroxyl groups is 1. The molecule has 0 radical (unpaired) electrons. The second kappa shape index (κ2) is 7.63. The lowest BCUT2D eigenvalue weighted by Gasteiger charge is -2.15. The van der Waals surface area contributed by atoms with E-state index in [1.807, 2.05) is 24.3 Å². The maximum absolute atomic E-state index is 12.3. The summed E-state index contributed by atoms with van der Waals surface area (Å²) in [5, 5.41) is 12.0. The highest BCUT2D eigenvalue weighted by atomic mass is 16.5. The van der Waals surface area contributed by atoms with Crippen LogP contribution in [0, 0.1) is 0 Å². The minimum Gasteiger partial charge on any atom is -0.481 e. The van der Waals surface area contributed by atoms with Gasteiger partial charge in [-0.2, -0.15) is 0 Å². The average Bonchev–Trinajstić information content (AvgIpc) is 3.17. The molecule has 6 nitrogen and oxygen atoms in total. The number of aromatic nitrogens is 2. The smallest absolute Gasteiger partial charge is 0.265 e. The minimum atomic E-state index is -0.668. The van der Waals surface area contributed by atoms with Gasteiger partial charge in [0.05, 0.1) is 6.61 Å². The Hall–Kier alpha value is -3.12. The fourth-order valence-electron chi connectivity index (χ4n) is 2.35. The number of benzene rings is 2. The number of rotatable bonds is 6. The van der Waals surface area contributed by atoms with E-state index in [0.29, 0.717) is 11.4 Å². The summed E-state index contributed by atoms with van der Waals surface area (Å²) in [5.41, 5.74) is 2.35. The van der Waals surface area contributed by atoms with Crippen LogP contribution in [0.2, 0.25) is 0 Å². The van der Waals surface area contributed by atoms with Crippen molar-refractivity contribution in [1.29, 1.82) is 0 Å². The third-order valence-corrected chi connectivity index (χ3v) is 3.69. The van der Waals surface area contributed by atoms with E-state index >= 15 is 0 Å². The molecule has 0 aliphatic rings. The molecular formula is C19H19N3O3. The molecule has 0 saturated carbocycles. The third-order valence-electron chi connectivity index (χ3n) is 3.69. The number of H-pyrrole nitrogens is 1. The molecule has 128 valence electrons. The van der Waals surface area contributed by atoms with E-state index in [-0.39, 0.29) is 12.5 Å². The largest absolute Gasteiger partial charge is 0.481 e. The highest BCUT2D eigenvalue weighted by molar-refractivity contribution is 5.94. The van der Waals surface area contributed by atoms with Crippen LogP contribution in [0.1, 0.15) is 12.5 Å². The monoisotopic (exact) mass is 337 g/mol. The first-order valence-electron chi connectivity index (χ1n) is 7.93. The van der Waals surface area contributed by atoms with Gasteiger partial charge in [-0.3, -0.25) is 4.79 Å². The third kappa shape index (κ3) is 4.24. The molecule has 0 spiro atoms. The number of ether oxygens (including phenoxy) is 1. The molecule has 0 fully saturated rings. The van der Waals surface area contributed by atoms with E-state index in [4.69, 9.17) is 9.84 Å². The van der Waals surface area contributed by atoms with E-state index in [1.165, 1.54) is 0 Å². The summed E-state index contributed by atoms with van der Waals surface area (Å²) in [6.07, 6.45) is 2.78. The van der Waals surface area contributed by atoms with Crippen LogP contribution in [0.5, 0.6) is 5.75 Å². The predicted molar refractivity (Wildman–Crippen MR) is 95.1 cm³/mol. The van der Waals surface area contributed by atoms with Gasteiger partial charge in [0.1, 0.15) is 11.6 Å². The standard InChI is InChI=1S/C19H19N3O3/c1-13(25-17-4-2-3-14(11-17)12-23)19(24)22-16-7-5-15(6-8-16)18-20-9-10-21-18/h2-11,13,23H,12H2,1H3,(H,20,21)(H,22,24). The van der Waals surface area contributed by atoms with Gasteiger partial charge in [-0.25, -0.2) is 4.98 Å². The molecule has 3 aromatic rings. The van der Waals surface area contributed by atoms with Gasteiger partial charge >= 0.3 is 0 Å². The number of imidazole rings is 1. The fourth-order valence-corrected chi connectivity index (χ4v) is 2.35. The molecular weight excluding hydrogens is 318 g/mol. The second-order valence-corrected chi connectivity index (χ2v) is 5.57. The van der Waals surface area contributed by atoms with Crippen LogP contribution >= 0.6 is 0 Å². The SMILES string of the molecule is CC(Oc1cccc(CO)c1)C(=O)Nc1ccc(-c2ncc[nH]2)cc1. The van der Waals surface area contributed by atoms with E-state index in [9.17, 15) is 4.79 Å². The van der Waals surface area contributed by atoms with Gasteiger partial charge in [0, 0.05) is 23.6 Å². The molecule has 2 aromatic carbocycles. The van der Waals surface area contributed by atoms with Crippen LogP contribution in [-0.4, -0.2) is 27.1 Å². The Morgan fingerprint density at radius 2 is 2.08 bits per heavy atom. The van der Waals surface area contributed by atoms with Crippen molar-refractivity contribution in [3.05, 3.63) is 66.5 Å². The summed E-state index contributed by atoms with van der Waals surface area (Å²) in [6.45, 7) is 1.61. The molecule has 6 heteroatoms. The summed E-state index contributed by atoms with van der Waals surface area (Å²) < 4.78 is 5.64. The maximum Gasteiger partial charge on any atom is 0.265 e. The van der Waals surface area contributed by atoms with Gasteiger partial charge in [-0.05, 0) is 48.9 Å². The lowest BCUT2D eigenvalue weighted by molar-refractivity contribution is -0.122. The van der Waals surface area contributed by atoms with E-state index in [0.717, 1.165) is 17.0 Å². The van der Waals surface area contributed by atoms with Crippen molar-refractivity contribution >= 4 is 11.6 Å². The van der Waals surface area contributed by atoms with Gasteiger partial charge in [0.2, 0.25) is 0 Å². The quantitative estimate of drug-likeness (QED) is 0.645. The van der Waals surface area contributed by atoms with Crippen molar-refractivity contribution in [2.24, 2.45) is 0 Å². The highest BCUT2D eigenvalue weighted by Crippen LogP contribution is 2.19. The van der Waals surface area contributed by atoms with E-state index in [2.05, 4.69) is 15.3 Å². The molecule has 0 saturated heterocycles. The maximum atomic E-state index is 12.3. The van der Waals surface area contributed by atoms with Crippen LogP contribution in [0.3, 0.4) is 0 Å². The number of aliphatic hydroxyl groups excluding tert-OH is 1. The van der Waals surface area contributed by atoms with Crippen LogP contribution < -0.4 is 10.1 Å². The molecule has 1 heterocycles. The van der Waals surface area contributed by atoms with Crippen molar-refractivity contribution in [1.82, 2.24) is 9.97 Å². The zero-order valence-electron chi connectivity index (χ0n) is 13.8. The first-order valence-corrected chi connectivity index (χ1v) is 7.93. The molecule has 3 rings (SSSR count). The fraction of sp³-hybridized carbons (Fsp3) is 0.158. The van der Waals surface area contributed by atoms with Gasteiger partial charge < -0.3 is 20.1 Å². The predicted octanol–water partition coefficient (Wildman–Crippen LogP) is 2.98. The van der Waals surface area contributed by atoms with Crippen LogP contribution in [0.15, 0.2) is 60.9 Å². The first-order chi connectivity index (χ1) is 12.2. The van der Waals surface area contributed by atoms with Crippen LogP contribution in [-0.2, 0) is 11.4 Å². The molecule has 0 bridgehead atoms. The summed E-state index contributed by atoms with van der Waals surface area (Å²) >= 11 is 0. The number of nitrogens with one attached hydrogen (secondary N) is 2. The number of carbonyl (C=O) groups is 1. The Kier molecular flexibility index (Phi) is 5.11. The molecule has 1 aromatic heterocycles. The minimum absolute atomic E-state index is 0.0696. The van der Waals surface area contributed by atoms with Gasteiger partial charge in [0.25, 0.3) is 5.91 Å². The summed E-state index contributed by atoms with van der Waals surface area (Å²) in [4.78, 5) is 19.5. The molecule has 1 amide bonds. The lowest BCUT2D eigenvalue weighted by Crippen LogP contribution is -2.30. The van der Waals surface area contributed by atoms with Gasteiger partial charge in [0.15, 0.2) is 6.10 Å². The summed E-state index contributed by atoms with van der Waals surface area (Å²) in [7, 11) is 0. The number of hydrogen-bond acceptors (Lipinski definition) is 4. The number of nitrogens with zero attached hydrogens (tertiary/aromatic N) is 1. The average molecular weight is 337 g/mol. The van der Waals surface area contributed by atoms with Crippen molar-refractivity contribution in [3.8, 4) is 17.1 Å². The topological polar surface area (TPSA) is 87.2 Å². The molecule has 1 atom stereocenters. The van der Waals surface area contributed by atoms with Crippen molar-refractivity contribution < 1.29 is 14.6 Å². The Labute approximate surface area is 145 Å². The van der Waals surface area contributed by atoms with Crippen molar-refractivity contribution in [3.63, 3.8) is 0 Å². The van der Waals surface area contributed by atoms with Crippen LogP contribution in [0.25, 0.3) is 11.4 Å². The van der Waals surface area contributed by atoms with Gasteiger partial charge in [-0.1, -0.05) is 12.1 Å². The number of hydrogen-bond donors (Lipinski definition) is 3. The Morgan fingerprint density at radius 3 is 2.76 bits per heavy atom. The second-order valence-electron chi connectivity index (χ2n) is 5.57. The molecule has 3 N–H and O–H groups in total. The summed E-state index contributed by atoms with van der Waals surface area (Å²) in [5.74, 6) is 1.07. The van der Waals surface area contributed by atoms with E-state index in [1.54, 1.807) is 43.6 Å². The van der Waals surface area contributed by atoms with E-state index < -0.39 is 6.10 Å². The van der Waals surface area contributed by atoms with Gasteiger partial charge in [-0.15, -0.1) is 0 Å². The summed E-state index contributed by atoms with van der Waals surface area (Å²) in [6, 6.07) is 14.4. The van der Waals surface area contributed by atoms with Crippen LogP contribution in [0.4, 0.5) is 5.69 Å². The normalized spacial score (nSPS) is 11.8. The number of anilines is 1. The lowest BCUT2D eigenvalue weighted by atomic mass is 10.2. The Balaban J connectivity index is 1.61. The Morgan fingerprint density at radius 1 is 1.28 bits per heavy atom. The zero-order valence-corrected chi connectivity index (χ0v) is 13.8. The number of aromatic amines is 1. The molecule has 0 aliphatic heterocycles. The first kappa shape index (κ1) is 16.7. The van der Waals surface area contributed by atoms with Crippen molar-refractivity contribution in [2.75, 3.05) is 5.32 Å². The molecule has 25 heavy (non-hydrogen) atoms. The number of amides is 1. The zero-order chi connectivity index (χ0) is 17.6. The van der Waals surface area contributed by atoms with Crippen molar-refractivity contribution in [2.45, 2.75) is 19.6 Å².